The molecule has 0 radical (unpaired) electrons. The third-order valence-corrected chi connectivity index (χ3v) is 9.00. The van der Waals surface area contributed by atoms with Gasteiger partial charge in [-0.3, -0.25) is 9.59 Å². The Morgan fingerprint density at radius 1 is 0.979 bits per heavy atom. The first-order chi connectivity index (χ1) is 22.7. The number of hydrogen-bond acceptors (Lipinski definition) is 6. The number of ether oxygens (including phenoxy) is 1. The minimum atomic E-state index is -4.74. The highest BCUT2D eigenvalue weighted by Gasteiger charge is 2.41. The number of ketones is 1. The number of anilines is 2. The Morgan fingerprint density at radius 3 is 2.33 bits per heavy atom. The van der Waals surface area contributed by atoms with Crippen molar-refractivity contribution in [3.63, 3.8) is 0 Å². The number of pyridine rings is 1. The molecule has 16 heteroatoms. The monoisotopic (exact) mass is 689 g/mol. The molecule has 48 heavy (non-hydrogen) atoms. The normalized spacial score (nSPS) is 18.9. The van der Waals surface area contributed by atoms with Gasteiger partial charge >= 0.3 is 12.4 Å². The molecule has 1 aromatic carbocycles. The number of rotatable bonds is 13. The van der Waals surface area contributed by atoms with E-state index in [1.54, 1.807) is 0 Å². The molecule has 5 rings (SSSR count). The molecule has 2 saturated carbocycles. The Labute approximate surface area is 270 Å². The van der Waals surface area contributed by atoms with Gasteiger partial charge in [0, 0.05) is 18.9 Å². The van der Waals surface area contributed by atoms with Crippen molar-refractivity contribution in [2.75, 3.05) is 11.9 Å². The van der Waals surface area contributed by atoms with E-state index in [4.69, 9.17) is 4.74 Å². The molecular formula is C32H35F8N5O3. The minimum absolute atomic E-state index is 0.00890. The van der Waals surface area contributed by atoms with Crippen LogP contribution in [0.5, 0.6) is 5.88 Å². The van der Waals surface area contributed by atoms with Crippen LogP contribution in [0.25, 0.3) is 11.2 Å². The van der Waals surface area contributed by atoms with Crippen LogP contribution in [-0.2, 0) is 17.5 Å². The highest BCUT2D eigenvalue weighted by atomic mass is 19.4. The molecule has 0 unspecified atom stereocenters. The molecule has 0 saturated heterocycles. The predicted octanol–water partition coefficient (Wildman–Crippen LogP) is 8.50. The fraction of sp³-hybridized carbons (Fsp3) is 0.562. The number of amides is 1. The van der Waals surface area contributed by atoms with Gasteiger partial charge in [-0.1, -0.05) is 18.9 Å². The summed E-state index contributed by atoms with van der Waals surface area (Å²) >= 11 is 0. The second kappa shape index (κ2) is 14.6. The number of fused-ring (bicyclic) bond motifs is 1. The molecule has 2 aliphatic carbocycles. The lowest BCUT2D eigenvalue weighted by atomic mass is 9.79. The van der Waals surface area contributed by atoms with Crippen molar-refractivity contribution < 1.29 is 49.4 Å². The third kappa shape index (κ3) is 8.92. The summed E-state index contributed by atoms with van der Waals surface area (Å²) in [5.74, 6) is -2.65. The van der Waals surface area contributed by atoms with E-state index in [0.29, 0.717) is 31.2 Å². The second-order valence-corrected chi connectivity index (χ2v) is 12.4. The lowest BCUT2D eigenvalue weighted by Crippen LogP contribution is -2.34. The van der Waals surface area contributed by atoms with Crippen molar-refractivity contribution in [1.82, 2.24) is 20.3 Å². The molecule has 262 valence electrons. The quantitative estimate of drug-likeness (QED) is 0.123. The van der Waals surface area contributed by atoms with E-state index in [9.17, 15) is 44.7 Å². The first kappa shape index (κ1) is 35.3. The van der Waals surface area contributed by atoms with Gasteiger partial charge in [0.05, 0.1) is 28.2 Å². The molecule has 1 amide bonds. The van der Waals surface area contributed by atoms with E-state index in [2.05, 4.69) is 25.6 Å². The molecule has 2 aliphatic rings. The summed E-state index contributed by atoms with van der Waals surface area (Å²) in [6.07, 6.45) is -7.68. The number of halogens is 8. The van der Waals surface area contributed by atoms with Gasteiger partial charge in [-0.2, -0.15) is 36.3 Å². The lowest BCUT2D eigenvalue weighted by molar-refractivity contribution is -0.184. The highest BCUT2D eigenvalue weighted by molar-refractivity contribution is 6.00. The summed E-state index contributed by atoms with van der Waals surface area (Å²) in [7, 11) is 0. The number of benzene rings is 1. The van der Waals surface area contributed by atoms with Gasteiger partial charge in [-0.25, -0.2) is 8.78 Å². The van der Waals surface area contributed by atoms with Crippen LogP contribution in [0.2, 0.25) is 0 Å². The Kier molecular flexibility index (Phi) is 10.8. The molecule has 0 aliphatic heterocycles. The number of H-pyrrole nitrogens is 1. The molecule has 3 aromatic rings. The Morgan fingerprint density at radius 2 is 1.71 bits per heavy atom. The van der Waals surface area contributed by atoms with Gasteiger partial charge in [-0.15, -0.1) is 0 Å². The van der Waals surface area contributed by atoms with E-state index in [1.807, 2.05) is 0 Å². The molecule has 3 N–H and O–H groups in total. The highest BCUT2D eigenvalue weighted by Crippen LogP contribution is 2.41. The number of nitrogens with zero attached hydrogens (tertiary/aromatic N) is 2. The molecule has 2 heterocycles. The SMILES string of the molecule is O=C(CCCC1CCC(C(F)(F)F)CC1)c1cc2[nH]c(Nc3cc(CNC(=O)C4CCC4)ccc3C(F)(F)F)nc2nc1OCC(F)F. The maximum Gasteiger partial charge on any atom is 0.418 e. The third-order valence-electron chi connectivity index (χ3n) is 9.00. The smallest absolute Gasteiger partial charge is 0.418 e. The van der Waals surface area contributed by atoms with Crippen molar-refractivity contribution in [1.29, 1.82) is 0 Å². The molecule has 0 atom stereocenters. The molecule has 8 nitrogen and oxygen atoms in total. The topological polar surface area (TPSA) is 109 Å². The van der Waals surface area contributed by atoms with Crippen molar-refractivity contribution in [2.45, 2.75) is 89.5 Å². The number of hydrogen-bond donors (Lipinski definition) is 3. The summed E-state index contributed by atoms with van der Waals surface area (Å²) in [6.45, 7) is -1.06. The number of carbonyl (C=O) groups excluding carboxylic acids is 2. The number of imidazole rings is 1. The molecule has 0 bridgehead atoms. The summed E-state index contributed by atoms with van der Waals surface area (Å²) < 4.78 is 112. The predicted molar refractivity (Wildman–Crippen MR) is 159 cm³/mol. The zero-order valence-corrected chi connectivity index (χ0v) is 25.7. The van der Waals surface area contributed by atoms with Gasteiger partial charge in [0.1, 0.15) is 0 Å². The van der Waals surface area contributed by atoms with Crippen LogP contribution < -0.4 is 15.4 Å². The number of Topliss-reactive ketones (excluding diaryl/α,β-unsaturated/α-hetero) is 1. The molecule has 2 aromatic heterocycles. The zero-order valence-electron chi connectivity index (χ0n) is 25.7. The van der Waals surface area contributed by atoms with Crippen LogP contribution >= 0.6 is 0 Å². The fourth-order valence-electron chi connectivity index (χ4n) is 6.08. The van der Waals surface area contributed by atoms with Crippen LogP contribution in [0.15, 0.2) is 24.3 Å². The summed E-state index contributed by atoms with van der Waals surface area (Å²) in [4.78, 5) is 36.4. The standard InChI is InChI=1S/C32H35F8N5O3/c33-26(34)16-48-29-21(25(46)6-1-3-17-7-10-20(11-8-17)31(35,36)37)14-24-27(44-29)45-30(43-24)42-23-13-18(9-12-22(23)32(38,39)40)15-41-28(47)19-4-2-5-19/h9,12-14,17,19-20,26H,1-8,10-11,15-16H2,(H,41,47)(H2,42,43,44,45). The van der Waals surface area contributed by atoms with Crippen LogP contribution in [0.4, 0.5) is 46.8 Å². The van der Waals surface area contributed by atoms with E-state index < -0.39 is 48.5 Å². The van der Waals surface area contributed by atoms with Crippen molar-refractivity contribution >= 4 is 34.5 Å². The van der Waals surface area contributed by atoms with Crippen LogP contribution in [0, 0.1) is 17.8 Å². The van der Waals surface area contributed by atoms with Crippen molar-refractivity contribution in [3.05, 3.63) is 41.0 Å². The van der Waals surface area contributed by atoms with Gasteiger partial charge < -0.3 is 20.4 Å². The van der Waals surface area contributed by atoms with Gasteiger partial charge in [0.15, 0.2) is 18.0 Å². The number of aromatic amines is 1. The van der Waals surface area contributed by atoms with E-state index >= 15 is 0 Å². The fourth-order valence-corrected chi connectivity index (χ4v) is 6.08. The Bertz CT molecular complexity index is 1590. The maximum absolute atomic E-state index is 13.9. The number of carbonyl (C=O) groups is 2. The van der Waals surface area contributed by atoms with Gasteiger partial charge in [0.25, 0.3) is 6.43 Å². The van der Waals surface area contributed by atoms with Gasteiger partial charge in [0.2, 0.25) is 17.7 Å². The maximum atomic E-state index is 13.9. The summed E-state index contributed by atoms with van der Waals surface area (Å²) in [5, 5.41) is 5.32. The van der Waals surface area contributed by atoms with Crippen molar-refractivity contribution in [2.24, 2.45) is 17.8 Å². The largest absolute Gasteiger partial charge is 0.471 e. The van der Waals surface area contributed by atoms with Gasteiger partial charge in [-0.05, 0) is 74.6 Å². The lowest BCUT2D eigenvalue weighted by Gasteiger charge is -2.29. The Hall–Kier alpha value is -3.98. The van der Waals surface area contributed by atoms with E-state index in [-0.39, 0.29) is 71.9 Å². The van der Waals surface area contributed by atoms with Crippen LogP contribution in [-0.4, -0.2) is 45.9 Å². The summed E-state index contributed by atoms with van der Waals surface area (Å²) in [5.41, 5.74) is -1.11. The molecule has 0 spiro atoms. The van der Waals surface area contributed by atoms with E-state index in [0.717, 1.165) is 25.3 Å². The minimum Gasteiger partial charge on any atom is -0.471 e. The van der Waals surface area contributed by atoms with E-state index in [1.165, 1.54) is 18.2 Å². The Balaban J connectivity index is 1.31. The summed E-state index contributed by atoms with van der Waals surface area (Å²) in [6, 6.07) is 4.64. The molecular weight excluding hydrogens is 654 g/mol. The number of alkyl halides is 8. The average Bonchev–Trinajstić information content (AvgIpc) is 3.38. The van der Waals surface area contributed by atoms with Crippen LogP contribution in [0.3, 0.4) is 0 Å². The molecule has 2 fully saturated rings. The van der Waals surface area contributed by atoms with Crippen molar-refractivity contribution in [3.8, 4) is 5.88 Å². The first-order valence-electron chi connectivity index (χ1n) is 15.8. The first-order valence-corrected chi connectivity index (χ1v) is 15.8. The average molecular weight is 690 g/mol. The van der Waals surface area contributed by atoms with Crippen LogP contribution in [0.1, 0.15) is 85.7 Å². The second-order valence-electron chi connectivity index (χ2n) is 12.4. The number of nitrogens with one attached hydrogen (secondary N) is 3. The zero-order chi connectivity index (χ0) is 34.6. The number of aromatic nitrogens is 3.